The van der Waals surface area contributed by atoms with Crippen LogP contribution in [-0.4, -0.2) is 59.9 Å². The molecule has 2 N–H and O–H groups in total. The van der Waals surface area contributed by atoms with E-state index in [1.807, 2.05) is 18.2 Å². The SMILES string of the molecule is CC1(CNC(=O)c2ccc(-c3nccc(N4CC[C@H](O)C4)n3)cc2)COC1. The number of β-amino-alcohol motifs (C(OH)–C–C–N with tert-alkyl or cyclic N) is 1. The predicted octanol–water partition coefficient (Wildman–Crippen LogP) is 1.48. The van der Waals surface area contributed by atoms with Crippen molar-refractivity contribution in [1.29, 1.82) is 0 Å². The van der Waals surface area contributed by atoms with Gasteiger partial charge in [-0.1, -0.05) is 19.1 Å². The molecule has 0 saturated carbocycles. The second kappa shape index (κ2) is 7.25. The lowest BCUT2D eigenvalue weighted by atomic mass is 9.88. The minimum absolute atomic E-state index is 0.0486. The first-order valence-electron chi connectivity index (χ1n) is 9.25. The van der Waals surface area contributed by atoms with Crippen LogP contribution in [0.25, 0.3) is 11.4 Å². The summed E-state index contributed by atoms with van der Waals surface area (Å²) < 4.78 is 5.21. The van der Waals surface area contributed by atoms with E-state index < -0.39 is 0 Å². The first-order valence-corrected chi connectivity index (χ1v) is 9.25. The van der Waals surface area contributed by atoms with Crippen molar-refractivity contribution in [2.75, 3.05) is 37.7 Å². The molecule has 1 atom stereocenters. The summed E-state index contributed by atoms with van der Waals surface area (Å²) in [5.74, 6) is 1.34. The Kier molecular flexibility index (Phi) is 4.80. The third kappa shape index (κ3) is 3.94. The van der Waals surface area contributed by atoms with E-state index in [1.165, 1.54) is 0 Å². The molecule has 7 nitrogen and oxygen atoms in total. The molecule has 0 aliphatic carbocycles. The maximum atomic E-state index is 12.3. The third-order valence-corrected chi connectivity index (χ3v) is 5.11. The highest BCUT2D eigenvalue weighted by Crippen LogP contribution is 2.25. The number of benzene rings is 1. The average Bonchev–Trinajstić information content (AvgIpc) is 3.11. The minimum Gasteiger partial charge on any atom is -0.391 e. The summed E-state index contributed by atoms with van der Waals surface area (Å²) in [6.45, 7) is 5.48. The molecule has 7 heteroatoms. The van der Waals surface area contributed by atoms with Crippen LogP contribution >= 0.6 is 0 Å². The monoisotopic (exact) mass is 368 g/mol. The zero-order valence-corrected chi connectivity index (χ0v) is 15.4. The van der Waals surface area contributed by atoms with Gasteiger partial charge in [0.15, 0.2) is 5.82 Å². The van der Waals surface area contributed by atoms with Gasteiger partial charge in [-0.15, -0.1) is 0 Å². The Balaban J connectivity index is 1.43. The van der Waals surface area contributed by atoms with Crippen molar-refractivity contribution in [1.82, 2.24) is 15.3 Å². The molecule has 1 aromatic heterocycles. The molecule has 3 heterocycles. The number of ether oxygens (including phenoxy) is 1. The quantitative estimate of drug-likeness (QED) is 0.831. The number of amides is 1. The Morgan fingerprint density at radius 1 is 1.33 bits per heavy atom. The van der Waals surface area contributed by atoms with Crippen LogP contribution in [0.3, 0.4) is 0 Å². The molecule has 4 rings (SSSR count). The standard InChI is InChI=1S/C20H24N4O3/c1-20(12-27-13-20)11-22-19(26)15-4-2-14(3-5-15)18-21-8-6-17(23-18)24-9-7-16(25)10-24/h2-6,8,16,25H,7,9-13H2,1H3,(H,22,26)/t16-/m0/s1. The fraction of sp³-hybridized carbons (Fsp3) is 0.450. The molecule has 2 aromatic rings. The van der Waals surface area contributed by atoms with Crippen LogP contribution in [0, 0.1) is 5.41 Å². The molecular formula is C20H24N4O3. The van der Waals surface area contributed by atoms with E-state index in [0.29, 0.717) is 37.7 Å². The number of hydrogen-bond donors (Lipinski definition) is 2. The van der Waals surface area contributed by atoms with Gasteiger partial charge in [0.05, 0.1) is 19.3 Å². The van der Waals surface area contributed by atoms with Gasteiger partial charge in [-0.3, -0.25) is 4.79 Å². The molecule has 0 radical (unpaired) electrons. The number of aliphatic hydroxyl groups is 1. The maximum Gasteiger partial charge on any atom is 0.251 e. The summed E-state index contributed by atoms with van der Waals surface area (Å²) in [6, 6.07) is 9.16. The predicted molar refractivity (Wildman–Crippen MR) is 102 cm³/mol. The molecule has 2 aliphatic rings. The topological polar surface area (TPSA) is 87.6 Å². The van der Waals surface area contributed by atoms with Gasteiger partial charge in [-0.2, -0.15) is 0 Å². The number of aromatic nitrogens is 2. The Hall–Kier alpha value is -2.51. The molecule has 2 aliphatic heterocycles. The molecular weight excluding hydrogens is 344 g/mol. The lowest BCUT2D eigenvalue weighted by molar-refractivity contribution is -0.0978. The Morgan fingerprint density at radius 2 is 2.11 bits per heavy atom. The largest absolute Gasteiger partial charge is 0.391 e. The number of hydrogen-bond acceptors (Lipinski definition) is 6. The summed E-state index contributed by atoms with van der Waals surface area (Å²) in [4.78, 5) is 23.3. The fourth-order valence-electron chi connectivity index (χ4n) is 3.33. The molecule has 142 valence electrons. The lowest BCUT2D eigenvalue weighted by Crippen LogP contribution is -2.48. The van der Waals surface area contributed by atoms with Crippen LogP contribution in [-0.2, 0) is 4.74 Å². The molecule has 0 bridgehead atoms. The molecule has 1 aromatic carbocycles. The van der Waals surface area contributed by atoms with Crippen LogP contribution in [0.5, 0.6) is 0 Å². The van der Waals surface area contributed by atoms with E-state index >= 15 is 0 Å². The van der Waals surface area contributed by atoms with Crippen molar-refractivity contribution >= 4 is 11.7 Å². The summed E-state index contributed by atoms with van der Waals surface area (Å²) in [7, 11) is 0. The summed E-state index contributed by atoms with van der Waals surface area (Å²) >= 11 is 0. The number of carbonyl (C=O) groups excluding carboxylic acids is 1. The second-order valence-electron chi connectivity index (χ2n) is 7.69. The van der Waals surface area contributed by atoms with Gasteiger partial charge >= 0.3 is 0 Å². The molecule has 1 amide bonds. The van der Waals surface area contributed by atoms with Crippen LogP contribution in [0.1, 0.15) is 23.7 Å². The molecule has 27 heavy (non-hydrogen) atoms. The number of anilines is 1. The summed E-state index contributed by atoms with van der Waals surface area (Å²) in [5, 5.41) is 12.7. The van der Waals surface area contributed by atoms with Gasteiger partial charge in [0, 0.05) is 42.4 Å². The fourth-order valence-corrected chi connectivity index (χ4v) is 3.33. The van der Waals surface area contributed by atoms with E-state index in [-0.39, 0.29) is 17.4 Å². The van der Waals surface area contributed by atoms with Crippen LogP contribution in [0.15, 0.2) is 36.5 Å². The van der Waals surface area contributed by atoms with Crippen molar-refractivity contribution in [3.05, 3.63) is 42.1 Å². The molecule has 0 unspecified atom stereocenters. The lowest BCUT2D eigenvalue weighted by Gasteiger charge is -2.38. The van der Waals surface area contributed by atoms with Crippen LogP contribution < -0.4 is 10.2 Å². The number of nitrogens with zero attached hydrogens (tertiary/aromatic N) is 3. The highest BCUT2D eigenvalue weighted by molar-refractivity contribution is 5.94. The highest BCUT2D eigenvalue weighted by atomic mass is 16.5. The van der Waals surface area contributed by atoms with E-state index in [2.05, 4.69) is 27.1 Å². The number of aliphatic hydroxyl groups excluding tert-OH is 1. The smallest absolute Gasteiger partial charge is 0.251 e. The van der Waals surface area contributed by atoms with Gasteiger partial charge in [-0.25, -0.2) is 9.97 Å². The normalized spacial score (nSPS) is 21.0. The second-order valence-corrected chi connectivity index (χ2v) is 7.69. The maximum absolute atomic E-state index is 12.3. The Morgan fingerprint density at radius 3 is 2.74 bits per heavy atom. The van der Waals surface area contributed by atoms with Crippen molar-refractivity contribution in [3.63, 3.8) is 0 Å². The van der Waals surface area contributed by atoms with E-state index in [9.17, 15) is 9.90 Å². The van der Waals surface area contributed by atoms with Crippen LogP contribution in [0.4, 0.5) is 5.82 Å². The van der Waals surface area contributed by atoms with Crippen molar-refractivity contribution in [2.24, 2.45) is 5.41 Å². The number of rotatable bonds is 5. The summed E-state index contributed by atoms with van der Waals surface area (Å²) in [5.41, 5.74) is 1.52. The summed E-state index contributed by atoms with van der Waals surface area (Å²) in [6.07, 6.45) is 2.19. The third-order valence-electron chi connectivity index (χ3n) is 5.11. The van der Waals surface area contributed by atoms with Crippen LogP contribution in [0.2, 0.25) is 0 Å². The van der Waals surface area contributed by atoms with Gasteiger partial charge < -0.3 is 20.1 Å². The Bertz CT molecular complexity index is 820. The number of nitrogens with one attached hydrogen (secondary N) is 1. The first-order chi connectivity index (χ1) is 13.0. The molecule has 2 saturated heterocycles. The average molecular weight is 368 g/mol. The van der Waals surface area contributed by atoms with Crippen molar-refractivity contribution < 1.29 is 14.6 Å². The zero-order chi connectivity index (χ0) is 18.9. The van der Waals surface area contributed by atoms with Crippen molar-refractivity contribution in [3.8, 4) is 11.4 Å². The Labute approximate surface area is 158 Å². The first kappa shape index (κ1) is 17.9. The highest BCUT2D eigenvalue weighted by Gasteiger charge is 2.33. The van der Waals surface area contributed by atoms with E-state index in [4.69, 9.17) is 4.74 Å². The minimum atomic E-state index is -0.296. The van der Waals surface area contributed by atoms with Gasteiger partial charge in [0.1, 0.15) is 5.82 Å². The zero-order valence-electron chi connectivity index (χ0n) is 15.4. The number of carbonyl (C=O) groups is 1. The molecule has 0 spiro atoms. The van der Waals surface area contributed by atoms with E-state index in [1.54, 1.807) is 18.3 Å². The van der Waals surface area contributed by atoms with Gasteiger partial charge in [0.2, 0.25) is 0 Å². The molecule has 2 fully saturated rings. The van der Waals surface area contributed by atoms with E-state index in [0.717, 1.165) is 24.3 Å². The van der Waals surface area contributed by atoms with Crippen molar-refractivity contribution in [2.45, 2.75) is 19.4 Å². The van der Waals surface area contributed by atoms with Gasteiger partial charge in [-0.05, 0) is 24.6 Å². The van der Waals surface area contributed by atoms with Gasteiger partial charge in [0.25, 0.3) is 5.91 Å².